The maximum Gasteiger partial charge on any atom is 0.188 e. The number of rotatable bonds is 7. The van der Waals surface area contributed by atoms with Crippen LogP contribution in [0.15, 0.2) is 66.7 Å². The molecule has 0 fully saturated rings. The van der Waals surface area contributed by atoms with Crippen LogP contribution in [0.2, 0.25) is 0 Å². The van der Waals surface area contributed by atoms with Crippen molar-refractivity contribution in [2.24, 2.45) is 0 Å². The van der Waals surface area contributed by atoms with E-state index in [-0.39, 0.29) is 12.4 Å². The Morgan fingerprint density at radius 3 is 2.12 bits per heavy atom. The minimum absolute atomic E-state index is 0. The number of nitrogens with one attached hydrogen (secondary N) is 2. The summed E-state index contributed by atoms with van der Waals surface area (Å²) in [5, 5.41) is 17.1. The predicted molar refractivity (Wildman–Crippen MR) is 97.7 cm³/mol. The first kappa shape index (κ1) is 17.8. The van der Waals surface area contributed by atoms with Crippen molar-refractivity contribution >= 4 is 18.0 Å². The van der Waals surface area contributed by atoms with Crippen LogP contribution < -0.4 is 5.32 Å². The molecule has 0 aliphatic heterocycles. The molecular formula is C18H20ClN5. The topological polar surface area (TPSA) is 66.5 Å². The standard InChI is InChI=1S/C18H19N5.ClH/c1-3-8-15(9-4-1)17(16-10-5-2-6-11-16)12-7-13-19-14-18-20-22-23-21-18;/h1-6,8-12,19H,7,13-14H2,(H,20,21,22,23);1H. The van der Waals surface area contributed by atoms with Crippen molar-refractivity contribution in [3.63, 3.8) is 0 Å². The maximum atomic E-state index is 3.92. The summed E-state index contributed by atoms with van der Waals surface area (Å²) in [6, 6.07) is 20.9. The van der Waals surface area contributed by atoms with Crippen molar-refractivity contribution in [2.45, 2.75) is 13.0 Å². The zero-order valence-corrected chi connectivity index (χ0v) is 14.0. The van der Waals surface area contributed by atoms with E-state index in [1.165, 1.54) is 16.7 Å². The summed E-state index contributed by atoms with van der Waals surface area (Å²) in [5.41, 5.74) is 3.72. The van der Waals surface area contributed by atoms with Crippen molar-refractivity contribution in [1.82, 2.24) is 25.9 Å². The van der Waals surface area contributed by atoms with Gasteiger partial charge in [0.05, 0.1) is 6.54 Å². The number of halogens is 1. The highest BCUT2D eigenvalue weighted by molar-refractivity contribution is 5.85. The first-order chi connectivity index (χ1) is 11.4. The lowest BCUT2D eigenvalue weighted by atomic mass is 9.97. The lowest BCUT2D eigenvalue weighted by Gasteiger charge is -2.09. The van der Waals surface area contributed by atoms with E-state index >= 15 is 0 Å². The Labute approximate surface area is 147 Å². The molecule has 0 atom stereocenters. The van der Waals surface area contributed by atoms with E-state index in [1.807, 2.05) is 12.1 Å². The molecule has 1 aromatic heterocycles. The minimum atomic E-state index is 0. The Morgan fingerprint density at radius 1 is 0.958 bits per heavy atom. The second-order valence-corrected chi connectivity index (χ2v) is 5.14. The molecule has 24 heavy (non-hydrogen) atoms. The van der Waals surface area contributed by atoms with Crippen LogP contribution in [-0.2, 0) is 6.54 Å². The molecule has 2 aromatic carbocycles. The van der Waals surface area contributed by atoms with Gasteiger partial charge in [0, 0.05) is 0 Å². The summed E-state index contributed by atoms with van der Waals surface area (Å²) >= 11 is 0. The van der Waals surface area contributed by atoms with Crippen LogP contribution in [0, 0.1) is 0 Å². The highest BCUT2D eigenvalue weighted by Gasteiger charge is 2.03. The van der Waals surface area contributed by atoms with Gasteiger partial charge in [-0.2, -0.15) is 5.21 Å². The van der Waals surface area contributed by atoms with Crippen molar-refractivity contribution in [1.29, 1.82) is 0 Å². The summed E-state index contributed by atoms with van der Waals surface area (Å²) in [6.45, 7) is 1.48. The molecule has 0 saturated carbocycles. The summed E-state index contributed by atoms with van der Waals surface area (Å²) in [5.74, 6) is 0.681. The SMILES string of the molecule is C(CCNCc1nn[nH]n1)=C(c1ccccc1)c1ccccc1.Cl. The van der Waals surface area contributed by atoms with E-state index in [9.17, 15) is 0 Å². The van der Waals surface area contributed by atoms with Crippen LogP contribution in [0.25, 0.3) is 5.57 Å². The Balaban J connectivity index is 0.00000208. The van der Waals surface area contributed by atoms with Gasteiger partial charge in [-0.15, -0.1) is 22.6 Å². The van der Waals surface area contributed by atoms with Gasteiger partial charge in [0.25, 0.3) is 0 Å². The number of benzene rings is 2. The zero-order valence-electron chi connectivity index (χ0n) is 13.2. The van der Waals surface area contributed by atoms with Gasteiger partial charge in [0.1, 0.15) is 0 Å². The summed E-state index contributed by atoms with van der Waals surface area (Å²) in [7, 11) is 0. The third-order valence-electron chi connectivity index (χ3n) is 3.51. The number of hydrogen-bond donors (Lipinski definition) is 2. The third kappa shape index (κ3) is 5.01. The average molecular weight is 342 g/mol. The summed E-state index contributed by atoms with van der Waals surface area (Å²) < 4.78 is 0. The van der Waals surface area contributed by atoms with Gasteiger partial charge in [0.2, 0.25) is 0 Å². The van der Waals surface area contributed by atoms with E-state index in [2.05, 4.69) is 80.5 Å². The molecule has 0 radical (unpaired) electrons. The highest BCUT2D eigenvalue weighted by Crippen LogP contribution is 2.23. The summed E-state index contributed by atoms with van der Waals surface area (Å²) in [6.07, 6.45) is 3.20. The van der Waals surface area contributed by atoms with E-state index in [1.54, 1.807) is 0 Å². The first-order valence-corrected chi connectivity index (χ1v) is 7.67. The highest BCUT2D eigenvalue weighted by atomic mass is 35.5. The Morgan fingerprint density at radius 2 is 1.58 bits per heavy atom. The van der Waals surface area contributed by atoms with Gasteiger partial charge in [-0.25, -0.2) is 0 Å². The second kappa shape index (κ2) is 9.60. The zero-order chi connectivity index (χ0) is 15.7. The first-order valence-electron chi connectivity index (χ1n) is 7.67. The van der Waals surface area contributed by atoms with Crippen LogP contribution in [-0.4, -0.2) is 27.2 Å². The summed E-state index contributed by atoms with van der Waals surface area (Å²) in [4.78, 5) is 0. The quantitative estimate of drug-likeness (QED) is 0.647. The minimum Gasteiger partial charge on any atom is -0.309 e. The molecule has 0 saturated heterocycles. The number of H-pyrrole nitrogens is 1. The number of hydrogen-bond acceptors (Lipinski definition) is 4. The second-order valence-electron chi connectivity index (χ2n) is 5.14. The average Bonchev–Trinajstić information content (AvgIpc) is 3.13. The molecule has 0 unspecified atom stereocenters. The predicted octanol–water partition coefficient (Wildman–Crippen LogP) is 3.23. The Bertz CT molecular complexity index is 685. The molecule has 2 N–H and O–H groups in total. The van der Waals surface area contributed by atoms with E-state index in [4.69, 9.17) is 0 Å². The fraction of sp³-hybridized carbons (Fsp3) is 0.167. The smallest absolute Gasteiger partial charge is 0.188 e. The molecule has 0 amide bonds. The van der Waals surface area contributed by atoms with Crippen molar-refractivity contribution in [3.8, 4) is 0 Å². The van der Waals surface area contributed by atoms with Crippen LogP contribution in [0.4, 0.5) is 0 Å². The number of aromatic nitrogens is 4. The third-order valence-corrected chi connectivity index (χ3v) is 3.51. The Kier molecular flexibility index (Phi) is 7.14. The molecule has 0 bridgehead atoms. The largest absolute Gasteiger partial charge is 0.309 e. The van der Waals surface area contributed by atoms with E-state index in [0.717, 1.165) is 13.0 Å². The van der Waals surface area contributed by atoms with Crippen LogP contribution >= 0.6 is 12.4 Å². The normalized spacial score (nSPS) is 10.0. The molecule has 3 aromatic rings. The van der Waals surface area contributed by atoms with Gasteiger partial charge >= 0.3 is 0 Å². The van der Waals surface area contributed by atoms with Crippen molar-refractivity contribution in [2.75, 3.05) is 6.54 Å². The fourth-order valence-corrected chi connectivity index (χ4v) is 2.41. The van der Waals surface area contributed by atoms with E-state index < -0.39 is 0 Å². The molecule has 3 rings (SSSR count). The molecule has 0 aliphatic rings. The van der Waals surface area contributed by atoms with Crippen LogP contribution in [0.3, 0.4) is 0 Å². The van der Waals surface area contributed by atoms with Crippen LogP contribution in [0.1, 0.15) is 23.4 Å². The lowest BCUT2D eigenvalue weighted by molar-refractivity contribution is 0.667. The molecule has 0 aliphatic carbocycles. The molecule has 5 nitrogen and oxygen atoms in total. The molecule has 6 heteroatoms. The Hall–Kier alpha value is -2.50. The van der Waals surface area contributed by atoms with Gasteiger partial charge in [0.15, 0.2) is 5.82 Å². The molecule has 1 heterocycles. The monoisotopic (exact) mass is 341 g/mol. The maximum absolute atomic E-state index is 3.92. The van der Waals surface area contributed by atoms with E-state index in [0.29, 0.717) is 12.4 Å². The van der Waals surface area contributed by atoms with Gasteiger partial charge in [-0.05, 0) is 29.7 Å². The number of nitrogens with zero attached hydrogens (tertiary/aromatic N) is 3. The van der Waals surface area contributed by atoms with Gasteiger partial charge in [-0.1, -0.05) is 72.0 Å². The van der Waals surface area contributed by atoms with Crippen molar-refractivity contribution < 1.29 is 0 Å². The van der Waals surface area contributed by atoms with Gasteiger partial charge < -0.3 is 5.32 Å². The number of aromatic amines is 1. The number of tetrazole rings is 1. The molecule has 0 spiro atoms. The fourth-order valence-electron chi connectivity index (χ4n) is 2.41. The van der Waals surface area contributed by atoms with Crippen molar-refractivity contribution in [3.05, 3.63) is 83.7 Å². The molecular weight excluding hydrogens is 322 g/mol. The lowest BCUT2D eigenvalue weighted by Crippen LogP contribution is -2.15. The van der Waals surface area contributed by atoms with Gasteiger partial charge in [-0.3, -0.25) is 0 Å². The molecule has 124 valence electrons. The van der Waals surface area contributed by atoms with Crippen LogP contribution in [0.5, 0.6) is 0 Å².